The average molecular weight is 383 g/mol. The number of rotatable bonds is 3. The summed E-state index contributed by atoms with van der Waals surface area (Å²) in [5, 5.41) is 22.7. The minimum Gasteiger partial charge on any atom is -0.504 e. The normalized spacial score (nSPS) is 37.7. The third kappa shape index (κ3) is 1.83. The van der Waals surface area contributed by atoms with Crippen molar-refractivity contribution in [3.05, 3.63) is 34.9 Å². The topological polar surface area (TPSA) is 79.2 Å². The van der Waals surface area contributed by atoms with Gasteiger partial charge in [0.1, 0.15) is 6.10 Å². The fourth-order valence-corrected chi connectivity index (χ4v) is 6.42. The number of hydrogen-bond acceptors (Lipinski definition) is 6. The minimum absolute atomic E-state index is 0.00797. The maximum absolute atomic E-state index is 12.5. The molecule has 1 aromatic carbocycles. The Morgan fingerprint density at radius 3 is 2.96 bits per heavy atom. The van der Waals surface area contributed by atoms with E-state index in [0.717, 1.165) is 36.6 Å². The Morgan fingerprint density at radius 1 is 1.39 bits per heavy atom. The van der Waals surface area contributed by atoms with Crippen LogP contribution in [0.25, 0.3) is 0 Å². The lowest BCUT2D eigenvalue weighted by molar-refractivity contribution is -0.167. The molecule has 1 aromatic rings. The number of aromatic hydroxyl groups is 1. The van der Waals surface area contributed by atoms with Crippen molar-refractivity contribution in [2.45, 2.75) is 55.3 Å². The van der Waals surface area contributed by atoms with Crippen LogP contribution in [-0.2, 0) is 21.4 Å². The number of phenols is 1. The number of likely N-dealkylation sites (tertiary alicyclic amines) is 1. The number of esters is 1. The van der Waals surface area contributed by atoms with Gasteiger partial charge in [0, 0.05) is 18.2 Å². The predicted octanol–water partition coefficient (Wildman–Crippen LogP) is 1.67. The van der Waals surface area contributed by atoms with Crippen molar-refractivity contribution in [2.75, 3.05) is 20.2 Å². The van der Waals surface area contributed by atoms with Crippen LogP contribution in [0.15, 0.2) is 23.8 Å². The van der Waals surface area contributed by atoms with Gasteiger partial charge in [-0.15, -0.1) is 0 Å². The quantitative estimate of drug-likeness (QED) is 0.773. The van der Waals surface area contributed by atoms with Gasteiger partial charge in [-0.2, -0.15) is 0 Å². The highest BCUT2D eigenvalue weighted by molar-refractivity contribution is 5.91. The van der Waals surface area contributed by atoms with E-state index >= 15 is 0 Å². The number of phenolic OH excluding ortho intramolecular Hbond substituents is 1. The summed E-state index contributed by atoms with van der Waals surface area (Å²) in [6.45, 7) is 1.90. The standard InChI is InChI=1S/C22H25NO5/c1-27-20(25)14-6-7-22(26)16-10-13-4-5-15(24)18-17(13)21(22,19(14)28-18)8-9-23(16)11-12-2-3-12/h4-6,12,16,19,24,26H,2-3,7-11H2,1H3/t16-,19+,21+,22-/m1/s1. The summed E-state index contributed by atoms with van der Waals surface area (Å²) in [6.07, 6.45) is 5.58. The summed E-state index contributed by atoms with van der Waals surface area (Å²) in [5.41, 5.74) is 0.768. The van der Waals surface area contributed by atoms with Crippen LogP contribution in [-0.4, -0.2) is 59.0 Å². The lowest BCUT2D eigenvalue weighted by Gasteiger charge is -2.62. The Kier molecular flexibility index (Phi) is 3.19. The molecule has 0 unspecified atom stereocenters. The van der Waals surface area contributed by atoms with Crippen LogP contribution in [0.2, 0.25) is 0 Å². The van der Waals surface area contributed by atoms with Crippen molar-refractivity contribution in [3.63, 3.8) is 0 Å². The first-order chi connectivity index (χ1) is 13.5. The maximum atomic E-state index is 12.5. The molecule has 6 nitrogen and oxygen atoms in total. The molecule has 28 heavy (non-hydrogen) atoms. The molecule has 2 fully saturated rings. The van der Waals surface area contributed by atoms with Gasteiger partial charge in [-0.1, -0.05) is 12.1 Å². The van der Waals surface area contributed by atoms with Gasteiger partial charge in [-0.25, -0.2) is 4.79 Å². The molecule has 4 atom stereocenters. The van der Waals surface area contributed by atoms with Gasteiger partial charge in [-0.05, 0) is 56.2 Å². The summed E-state index contributed by atoms with van der Waals surface area (Å²) in [7, 11) is 1.37. The van der Waals surface area contributed by atoms with Gasteiger partial charge in [0.2, 0.25) is 0 Å². The molecule has 3 aliphatic carbocycles. The lowest BCUT2D eigenvalue weighted by Crippen LogP contribution is -2.75. The highest BCUT2D eigenvalue weighted by atomic mass is 16.5. The number of aliphatic hydroxyl groups is 1. The van der Waals surface area contributed by atoms with Crippen LogP contribution in [0.1, 0.15) is 36.8 Å². The molecule has 148 valence electrons. The first-order valence-corrected chi connectivity index (χ1v) is 10.3. The van der Waals surface area contributed by atoms with Crippen LogP contribution in [0, 0.1) is 5.92 Å². The number of piperidine rings is 1. The molecule has 0 amide bonds. The highest BCUT2D eigenvalue weighted by Crippen LogP contribution is 2.65. The molecular formula is C22H25NO5. The second-order valence-corrected chi connectivity index (χ2v) is 9.10. The largest absolute Gasteiger partial charge is 0.504 e. The Bertz CT molecular complexity index is 922. The van der Waals surface area contributed by atoms with Crippen molar-refractivity contribution in [1.82, 2.24) is 4.90 Å². The highest BCUT2D eigenvalue weighted by Gasteiger charge is 2.72. The van der Waals surface area contributed by atoms with Gasteiger partial charge in [0.15, 0.2) is 11.5 Å². The van der Waals surface area contributed by atoms with E-state index in [0.29, 0.717) is 24.2 Å². The molecule has 5 aliphatic rings. The third-order valence-electron chi connectivity index (χ3n) is 7.85. The van der Waals surface area contributed by atoms with Gasteiger partial charge in [0.25, 0.3) is 0 Å². The molecule has 1 spiro atoms. The summed E-state index contributed by atoms with van der Waals surface area (Å²) >= 11 is 0. The summed E-state index contributed by atoms with van der Waals surface area (Å²) < 4.78 is 11.3. The predicted molar refractivity (Wildman–Crippen MR) is 100 cm³/mol. The average Bonchev–Trinajstić information content (AvgIpc) is 3.42. The number of hydrogen-bond donors (Lipinski definition) is 2. The second kappa shape index (κ2) is 5.30. The monoisotopic (exact) mass is 383 g/mol. The van der Waals surface area contributed by atoms with Crippen molar-refractivity contribution in [3.8, 4) is 11.5 Å². The van der Waals surface area contributed by atoms with Crippen LogP contribution >= 0.6 is 0 Å². The van der Waals surface area contributed by atoms with Gasteiger partial charge < -0.3 is 19.7 Å². The summed E-state index contributed by atoms with van der Waals surface area (Å²) in [6, 6.07) is 3.63. The first-order valence-electron chi connectivity index (χ1n) is 10.3. The van der Waals surface area contributed by atoms with Gasteiger partial charge >= 0.3 is 5.97 Å². The number of carbonyl (C=O) groups excluding carboxylic acids is 1. The number of carbonyl (C=O) groups is 1. The van der Waals surface area contributed by atoms with E-state index in [-0.39, 0.29) is 11.8 Å². The van der Waals surface area contributed by atoms with E-state index in [1.165, 1.54) is 20.0 Å². The zero-order valence-corrected chi connectivity index (χ0v) is 16.0. The third-order valence-corrected chi connectivity index (χ3v) is 7.85. The fourth-order valence-electron chi connectivity index (χ4n) is 6.42. The lowest BCUT2D eigenvalue weighted by atomic mass is 9.49. The summed E-state index contributed by atoms with van der Waals surface area (Å²) in [4.78, 5) is 15.0. The van der Waals surface area contributed by atoms with E-state index in [1.807, 2.05) is 6.07 Å². The molecule has 2 bridgehead atoms. The van der Waals surface area contributed by atoms with E-state index in [1.54, 1.807) is 12.1 Å². The molecule has 0 aromatic heterocycles. The zero-order valence-electron chi connectivity index (χ0n) is 16.0. The van der Waals surface area contributed by atoms with Crippen molar-refractivity contribution in [1.29, 1.82) is 0 Å². The van der Waals surface area contributed by atoms with E-state index in [9.17, 15) is 15.0 Å². The van der Waals surface area contributed by atoms with E-state index in [4.69, 9.17) is 9.47 Å². The number of methoxy groups -OCH3 is 1. The maximum Gasteiger partial charge on any atom is 0.337 e. The zero-order chi connectivity index (χ0) is 19.3. The Hall–Kier alpha value is -2.05. The Balaban J connectivity index is 1.57. The summed E-state index contributed by atoms with van der Waals surface area (Å²) in [5.74, 6) is 0.840. The van der Waals surface area contributed by atoms with Gasteiger partial charge in [-0.3, -0.25) is 4.90 Å². The number of ether oxygens (including phenoxy) is 2. The van der Waals surface area contributed by atoms with E-state index in [2.05, 4.69) is 4.90 Å². The van der Waals surface area contributed by atoms with Gasteiger partial charge in [0.05, 0.1) is 23.7 Å². The van der Waals surface area contributed by atoms with Crippen LogP contribution in [0.5, 0.6) is 11.5 Å². The smallest absolute Gasteiger partial charge is 0.337 e. The minimum atomic E-state index is -1.02. The fraction of sp³-hybridized carbons (Fsp3) is 0.591. The van der Waals surface area contributed by atoms with Crippen LogP contribution < -0.4 is 4.74 Å². The molecule has 1 saturated carbocycles. The molecule has 1 saturated heterocycles. The Labute approximate surface area is 163 Å². The number of benzene rings is 1. The van der Waals surface area contributed by atoms with Crippen LogP contribution in [0.3, 0.4) is 0 Å². The van der Waals surface area contributed by atoms with Crippen molar-refractivity contribution >= 4 is 5.97 Å². The molecule has 2 heterocycles. The number of nitrogens with zero attached hydrogens (tertiary/aromatic N) is 1. The van der Waals surface area contributed by atoms with Crippen LogP contribution in [0.4, 0.5) is 0 Å². The second-order valence-electron chi connectivity index (χ2n) is 9.10. The molecule has 0 radical (unpaired) electrons. The van der Waals surface area contributed by atoms with Crippen molar-refractivity contribution < 1.29 is 24.5 Å². The Morgan fingerprint density at radius 2 is 2.21 bits per heavy atom. The van der Waals surface area contributed by atoms with Crippen molar-refractivity contribution in [2.24, 2.45) is 5.92 Å². The molecular weight excluding hydrogens is 358 g/mol. The molecule has 6 heteroatoms. The molecule has 2 aliphatic heterocycles. The van der Waals surface area contributed by atoms with E-state index < -0.39 is 23.1 Å². The molecule has 2 N–H and O–H groups in total. The first kappa shape index (κ1) is 16.9. The SMILES string of the molecule is COC(=O)C1=CC[C@@]2(O)[C@H]3Cc4ccc(O)c5c4[C@@]2(CCN3CC2CC2)[C@H]1O5. The molecule has 6 rings (SSSR count).